The molecule has 4 rings (SSSR count). The lowest BCUT2D eigenvalue weighted by molar-refractivity contribution is -0.142. The number of benzene rings is 1. The number of nitrogens with zero attached hydrogens (tertiary/aromatic N) is 3. The molecule has 2 aliphatic heterocycles. The van der Waals surface area contributed by atoms with E-state index in [2.05, 4.69) is 10.1 Å². The molecule has 0 saturated carbocycles. The van der Waals surface area contributed by atoms with Crippen LogP contribution in [0.15, 0.2) is 40.9 Å². The predicted molar refractivity (Wildman–Crippen MR) is 92.8 cm³/mol. The molecule has 0 spiro atoms. The second-order valence-electron chi connectivity index (χ2n) is 6.65. The Labute approximate surface area is 147 Å². The van der Waals surface area contributed by atoms with Gasteiger partial charge in [-0.2, -0.15) is 0 Å². The number of amides is 1. The van der Waals surface area contributed by atoms with Gasteiger partial charge in [0, 0.05) is 44.4 Å². The van der Waals surface area contributed by atoms with Crippen LogP contribution in [-0.2, 0) is 16.1 Å². The standard InChI is InChI=1S/C19H23N3O3/c23-19(18-7-4-12-24-18)22-10-8-21(9-11-22)14-16-13-17(20-25-16)15-5-2-1-3-6-15/h1-3,5-6,13,18H,4,7-12,14H2/t18-/m0/s1. The molecule has 3 heterocycles. The Balaban J connectivity index is 1.30. The van der Waals surface area contributed by atoms with Gasteiger partial charge in [0.15, 0.2) is 5.76 Å². The van der Waals surface area contributed by atoms with Gasteiger partial charge in [0.05, 0.1) is 6.54 Å². The Kier molecular flexibility index (Phi) is 4.81. The lowest BCUT2D eigenvalue weighted by atomic mass is 10.1. The highest BCUT2D eigenvalue weighted by atomic mass is 16.5. The van der Waals surface area contributed by atoms with Crippen molar-refractivity contribution in [1.82, 2.24) is 15.0 Å². The first-order chi connectivity index (χ1) is 12.3. The van der Waals surface area contributed by atoms with Gasteiger partial charge >= 0.3 is 0 Å². The number of hydrogen-bond acceptors (Lipinski definition) is 5. The van der Waals surface area contributed by atoms with Gasteiger partial charge < -0.3 is 14.2 Å². The molecule has 6 heteroatoms. The van der Waals surface area contributed by atoms with Crippen molar-refractivity contribution >= 4 is 5.91 Å². The molecule has 0 bridgehead atoms. The highest BCUT2D eigenvalue weighted by Gasteiger charge is 2.30. The van der Waals surface area contributed by atoms with Crippen LogP contribution in [0, 0.1) is 0 Å². The van der Waals surface area contributed by atoms with E-state index in [1.807, 2.05) is 41.3 Å². The van der Waals surface area contributed by atoms with Crippen molar-refractivity contribution in [2.24, 2.45) is 0 Å². The van der Waals surface area contributed by atoms with Crippen LogP contribution in [0.5, 0.6) is 0 Å². The molecule has 0 unspecified atom stereocenters. The van der Waals surface area contributed by atoms with Crippen molar-refractivity contribution in [3.63, 3.8) is 0 Å². The molecule has 2 fully saturated rings. The first-order valence-corrected chi connectivity index (χ1v) is 8.93. The van der Waals surface area contributed by atoms with Gasteiger partial charge in [-0.15, -0.1) is 0 Å². The minimum absolute atomic E-state index is 0.156. The van der Waals surface area contributed by atoms with Gasteiger partial charge in [-0.1, -0.05) is 35.5 Å². The predicted octanol–water partition coefficient (Wildman–Crippen LogP) is 2.16. The Morgan fingerprint density at radius 2 is 1.96 bits per heavy atom. The van der Waals surface area contributed by atoms with E-state index in [-0.39, 0.29) is 12.0 Å². The second kappa shape index (κ2) is 7.37. The monoisotopic (exact) mass is 341 g/mol. The van der Waals surface area contributed by atoms with Crippen LogP contribution in [-0.4, -0.2) is 59.8 Å². The fourth-order valence-corrected chi connectivity index (χ4v) is 3.46. The topological polar surface area (TPSA) is 58.8 Å². The summed E-state index contributed by atoms with van der Waals surface area (Å²) in [5.74, 6) is 1.01. The van der Waals surface area contributed by atoms with Crippen LogP contribution in [0.2, 0.25) is 0 Å². The zero-order valence-electron chi connectivity index (χ0n) is 14.3. The number of carbonyl (C=O) groups excluding carboxylic acids is 1. The SMILES string of the molecule is O=C([C@@H]1CCCO1)N1CCN(Cc2cc(-c3ccccc3)no2)CC1. The number of carbonyl (C=O) groups is 1. The van der Waals surface area contributed by atoms with Gasteiger partial charge in [-0.05, 0) is 12.8 Å². The maximum atomic E-state index is 12.4. The zero-order valence-corrected chi connectivity index (χ0v) is 14.3. The summed E-state index contributed by atoms with van der Waals surface area (Å²) in [6, 6.07) is 12.0. The van der Waals surface area contributed by atoms with Crippen molar-refractivity contribution in [1.29, 1.82) is 0 Å². The minimum Gasteiger partial charge on any atom is -0.368 e. The maximum Gasteiger partial charge on any atom is 0.251 e. The third kappa shape index (κ3) is 3.75. The highest BCUT2D eigenvalue weighted by Crippen LogP contribution is 2.20. The summed E-state index contributed by atoms with van der Waals surface area (Å²) in [5, 5.41) is 4.16. The number of hydrogen-bond donors (Lipinski definition) is 0. The van der Waals surface area contributed by atoms with E-state index in [4.69, 9.17) is 9.26 Å². The molecule has 0 radical (unpaired) electrons. The Morgan fingerprint density at radius 3 is 2.68 bits per heavy atom. The molecule has 1 aromatic heterocycles. The molecule has 1 atom stereocenters. The third-order valence-corrected chi connectivity index (χ3v) is 4.90. The fourth-order valence-electron chi connectivity index (χ4n) is 3.46. The van der Waals surface area contributed by atoms with E-state index in [0.717, 1.165) is 62.6 Å². The van der Waals surface area contributed by atoms with Crippen molar-refractivity contribution in [2.45, 2.75) is 25.5 Å². The highest BCUT2D eigenvalue weighted by molar-refractivity contribution is 5.81. The molecule has 2 aromatic rings. The van der Waals surface area contributed by atoms with E-state index in [9.17, 15) is 4.79 Å². The third-order valence-electron chi connectivity index (χ3n) is 4.90. The van der Waals surface area contributed by atoms with Crippen LogP contribution in [0.3, 0.4) is 0 Å². The van der Waals surface area contributed by atoms with E-state index in [0.29, 0.717) is 6.61 Å². The van der Waals surface area contributed by atoms with E-state index < -0.39 is 0 Å². The van der Waals surface area contributed by atoms with Gasteiger partial charge in [0.25, 0.3) is 5.91 Å². The summed E-state index contributed by atoms with van der Waals surface area (Å²) in [5.41, 5.74) is 1.92. The van der Waals surface area contributed by atoms with Crippen LogP contribution < -0.4 is 0 Å². The fraction of sp³-hybridized carbons (Fsp3) is 0.474. The average Bonchev–Trinajstić information content (AvgIpc) is 3.35. The molecule has 132 valence electrons. The summed E-state index contributed by atoms with van der Waals surface area (Å²) >= 11 is 0. The second-order valence-corrected chi connectivity index (χ2v) is 6.65. The molecule has 1 amide bonds. The Hall–Kier alpha value is -2.18. The molecule has 2 aliphatic rings. The zero-order chi connectivity index (χ0) is 17.1. The summed E-state index contributed by atoms with van der Waals surface area (Å²) in [7, 11) is 0. The lowest BCUT2D eigenvalue weighted by Gasteiger charge is -2.35. The molecular weight excluding hydrogens is 318 g/mol. The molecule has 25 heavy (non-hydrogen) atoms. The molecule has 0 aliphatic carbocycles. The van der Waals surface area contributed by atoms with Crippen LogP contribution in [0.4, 0.5) is 0 Å². The Morgan fingerprint density at radius 1 is 1.16 bits per heavy atom. The molecular formula is C19H23N3O3. The smallest absolute Gasteiger partial charge is 0.251 e. The lowest BCUT2D eigenvalue weighted by Crippen LogP contribution is -2.51. The number of aromatic nitrogens is 1. The minimum atomic E-state index is -0.214. The van der Waals surface area contributed by atoms with E-state index in [1.165, 1.54) is 0 Å². The quantitative estimate of drug-likeness (QED) is 0.853. The first kappa shape index (κ1) is 16.3. The average molecular weight is 341 g/mol. The largest absolute Gasteiger partial charge is 0.368 e. The van der Waals surface area contributed by atoms with E-state index >= 15 is 0 Å². The number of rotatable bonds is 4. The van der Waals surface area contributed by atoms with Gasteiger partial charge in [0.2, 0.25) is 0 Å². The summed E-state index contributed by atoms with van der Waals surface area (Å²) in [4.78, 5) is 16.6. The van der Waals surface area contributed by atoms with Gasteiger partial charge in [-0.25, -0.2) is 0 Å². The molecule has 2 saturated heterocycles. The van der Waals surface area contributed by atoms with Crippen LogP contribution in [0.1, 0.15) is 18.6 Å². The number of ether oxygens (including phenoxy) is 1. The van der Waals surface area contributed by atoms with Crippen LogP contribution >= 0.6 is 0 Å². The summed E-state index contributed by atoms with van der Waals surface area (Å²) < 4.78 is 11.0. The first-order valence-electron chi connectivity index (χ1n) is 8.93. The van der Waals surface area contributed by atoms with Crippen molar-refractivity contribution in [3.05, 3.63) is 42.2 Å². The summed E-state index contributed by atoms with van der Waals surface area (Å²) in [6.07, 6.45) is 1.64. The van der Waals surface area contributed by atoms with Crippen molar-refractivity contribution < 1.29 is 14.1 Å². The summed E-state index contributed by atoms with van der Waals surface area (Å²) in [6.45, 7) is 4.63. The molecule has 1 aromatic carbocycles. The molecule has 0 N–H and O–H groups in total. The number of piperazine rings is 1. The molecule has 6 nitrogen and oxygen atoms in total. The van der Waals surface area contributed by atoms with Gasteiger partial charge in [0.1, 0.15) is 11.8 Å². The Bertz CT molecular complexity index is 702. The van der Waals surface area contributed by atoms with Gasteiger partial charge in [-0.3, -0.25) is 9.69 Å². The van der Waals surface area contributed by atoms with E-state index in [1.54, 1.807) is 0 Å². The van der Waals surface area contributed by atoms with Crippen molar-refractivity contribution in [3.8, 4) is 11.3 Å². The van der Waals surface area contributed by atoms with Crippen LogP contribution in [0.25, 0.3) is 11.3 Å². The van der Waals surface area contributed by atoms with Crippen molar-refractivity contribution in [2.75, 3.05) is 32.8 Å². The normalized spacial score (nSPS) is 21.6. The maximum absolute atomic E-state index is 12.4.